The van der Waals surface area contributed by atoms with Crippen LogP contribution >= 0.6 is 27.3 Å². The van der Waals surface area contributed by atoms with Crippen LogP contribution in [0, 0.1) is 10.1 Å². The van der Waals surface area contributed by atoms with E-state index in [4.69, 9.17) is 4.42 Å². The molecule has 0 saturated heterocycles. The highest BCUT2D eigenvalue weighted by Gasteiger charge is 2.22. The van der Waals surface area contributed by atoms with Crippen LogP contribution in [0.2, 0.25) is 0 Å². The van der Waals surface area contributed by atoms with Crippen LogP contribution in [0.25, 0.3) is 0 Å². The van der Waals surface area contributed by atoms with E-state index in [2.05, 4.69) is 21.2 Å². The van der Waals surface area contributed by atoms with Crippen molar-refractivity contribution in [2.24, 2.45) is 0 Å². The number of nitrogens with zero attached hydrogens (tertiary/aromatic N) is 1. The van der Waals surface area contributed by atoms with Crippen LogP contribution < -0.4 is 5.32 Å². The Kier molecular flexibility index (Phi) is 3.60. The number of nitrogens with one attached hydrogen (secondary N) is 1. The summed E-state index contributed by atoms with van der Waals surface area (Å²) in [5, 5.41) is 15.6. The number of hydrogen-bond donors (Lipinski definition) is 1. The molecule has 0 fully saturated rings. The van der Waals surface area contributed by atoms with Crippen LogP contribution in [0.15, 0.2) is 32.5 Å². The molecule has 0 radical (unpaired) electrons. The lowest BCUT2D eigenvalue weighted by atomic mass is 10.2. The summed E-state index contributed by atoms with van der Waals surface area (Å²) >= 11 is 4.99. The second-order valence-electron chi connectivity index (χ2n) is 3.29. The number of rotatable bonds is 4. The first kappa shape index (κ1) is 12.3. The Morgan fingerprint density at radius 1 is 1.53 bits per heavy atom. The second kappa shape index (κ2) is 4.99. The molecule has 17 heavy (non-hydrogen) atoms. The summed E-state index contributed by atoms with van der Waals surface area (Å²) in [4.78, 5) is 11.0. The summed E-state index contributed by atoms with van der Waals surface area (Å²) in [6, 6.07) is 4.73. The SMILES string of the molecule is CNC(c1ccc([N+](=O)[O-])o1)c1sccc1Br. The van der Waals surface area contributed by atoms with Gasteiger partial charge in [0.25, 0.3) is 0 Å². The van der Waals surface area contributed by atoms with Gasteiger partial charge in [0.2, 0.25) is 0 Å². The molecule has 5 nitrogen and oxygen atoms in total. The van der Waals surface area contributed by atoms with Gasteiger partial charge in [0, 0.05) is 9.35 Å². The molecule has 0 saturated carbocycles. The minimum atomic E-state index is -0.542. The summed E-state index contributed by atoms with van der Waals surface area (Å²) in [5.41, 5.74) is 0. The minimum Gasteiger partial charge on any atom is -0.404 e. The Labute approximate surface area is 110 Å². The lowest BCUT2D eigenvalue weighted by Crippen LogP contribution is -2.16. The van der Waals surface area contributed by atoms with Crippen molar-refractivity contribution in [3.05, 3.63) is 48.8 Å². The topological polar surface area (TPSA) is 68.3 Å². The van der Waals surface area contributed by atoms with Gasteiger partial charge >= 0.3 is 5.88 Å². The third kappa shape index (κ3) is 2.41. The maximum absolute atomic E-state index is 10.6. The number of halogens is 1. The van der Waals surface area contributed by atoms with Crippen LogP contribution in [-0.2, 0) is 0 Å². The Hall–Kier alpha value is -1.18. The first-order chi connectivity index (χ1) is 8.13. The molecule has 2 aromatic heterocycles. The average Bonchev–Trinajstić information content (AvgIpc) is 2.90. The summed E-state index contributed by atoms with van der Waals surface area (Å²) in [7, 11) is 1.78. The molecule has 0 amide bonds. The highest BCUT2D eigenvalue weighted by atomic mass is 79.9. The third-order valence-electron chi connectivity index (χ3n) is 2.27. The number of furan rings is 1. The smallest absolute Gasteiger partial charge is 0.404 e. The Bertz CT molecular complexity index is 537. The van der Waals surface area contributed by atoms with Gasteiger partial charge in [0.15, 0.2) is 0 Å². The van der Waals surface area contributed by atoms with Gasteiger partial charge in [0.1, 0.15) is 16.7 Å². The van der Waals surface area contributed by atoms with Crippen LogP contribution in [-0.4, -0.2) is 12.0 Å². The lowest BCUT2D eigenvalue weighted by Gasteiger charge is -2.11. The molecule has 7 heteroatoms. The van der Waals surface area contributed by atoms with Gasteiger partial charge in [-0.05, 0) is 40.5 Å². The van der Waals surface area contributed by atoms with Gasteiger partial charge in [-0.3, -0.25) is 10.1 Å². The molecule has 1 N–H and O–H groups in total. The predicted octanol–water partition coefficient (Wildman–Crippen LogP) is 3.32. The molecule has 0 aliphatic carbocycles. The van der Waals surface area contributed by atoms with E-state index in [0.717, 1.165) is 9.35 Å². The maximum Gasteiger partial charge on any atom is 0.433 e. The van der Waals surface area contributed by atoms with Gasteiger partial charge in [-0.2, -0.15) is 0 Å². The van der Waals surface area contributed by atoms with Crippen molar-refractivity contribution >= 4 is 33.2 Å². The standard InChI is InChI=1S/C10H9BrN2O3S/c1-12-9(10-6(11)4-5-17-10)7-2-3-8(16-7)13(14)15/h2-5,9,12H,1H3. The van der Waals surface area contributed by atoms with Crippen LogP contribution in [0.1, 0.15) is 16.7 Å². The largest absolute Gasteiger partial charge is 0.433 e. The Morgan fingerprint density at radius 2 is 2.29 bits per heavy atom. The second-order valence-corrected chi connectivity index (χ2v) is 5.09. The lowest BCUT2D eigenvalue weighted by molar-refractivity contribution is -0.402. The zero-order valence-corrected chi connectivity index (χ0v) is 11.2. The van der Waals surface area contributed by atoms with Crippen molar-refractivity contribution in [2.75, 3.05) is 7.05 Å². The van der Waals surface area contributed by atoms with E-state index >= 15 is 0 Å². The van der Waals surface area contributed by atoms with Crippen LogP contribution in [0.5, 0.6) is 0 Å². The third-order valence-corrected chi connectivity index (χ3v) is 4.21. The van der Waals surface area contributed by atoms with Crippen molar-refractivity contribution in [3.63, 3.8) is 0 Å². The molecule has 0 aromatic carbocycles. The van der Waals surface area contributed by atoms with E-state index in [0.29, 0.717) is 5.76 Å². The molecule has 0 aliphatic rings. The zero-order valence-electron chi connectivity index (χ0n) is 8.84. The van der Waals surface area contributed by atoms with E-state index in [1.807, 2.05) is 11.4 Å². The van der Waals surface area contributed by atoms with E-state index in [9.17, 15) is 10.1 Å². The molecular weight excluding hydrogens is 308 g/mol. The van der Waals surface area contributed by atoms with Crippen molar-refractivity contribution < 1.29 is 9.34 Å². The number of hydrogen-bond acceptors (Lipinski definition) is 5. The highest BCUT2D eigenvalue weighted by molar-refractivity contribution is 9.10. The molecule has 90 valence electrons. The van der Waals surface area contributed by atoms with Crippen molar-refractivity contribution in [3.8, 4) is 0 Å². The monoisotopic (exact) mass is 316 g/mol. The average molecular weight is 317 g/mol. The fourth-order valence-electron chi connectivity index (χ4n) is 1.51. The molecule has 0 spiro atoms. The van der Waals surface area contributed by atoms with Crippen molar-refractivity contribution in [1.29, 1.82) is 0 Å². The van der Waals surface area contributed by atoms with Gasteiger partial charge < -0.3 is 9.73 Å². The zero-order chi connectivity index (χ0) is 12.4. The summed E-state index contributed by atoms with van der Waals surface area (Å²) in [5.74, 6) is 0.287. The van der Waals surface area contributed by atoms with Gasteiger partial charge in [-0.1, -0.05) is 0 Å². The van der Waals surface area contributed by atoms with Crippen molar-refractivity contribution in [2.45, 2.75) is 6.04 Å². The molecular formula is C10H9BrN2O3S. The van der Waals surface area contributed by atoms with Crippen molar-refractivity contribution in [1.82, 2.24) is 5.32 Å². The van der Waals surface area contributed by atoms with Gasteiger partial charge in [0.05, 0.1) is 6.07 Å². The van der Waals surface area contributed by atoms with Gasteiger partial charge in [-0.25, -0.2) is 0 Å². The summed E-state index contributed by atoms with van der Waals surface area (Å²) in [6.07, 6.45) is 0. The Morgan fingerprint density at radius 3 is 2.76 bits per heavy atom. The maximum atomic E-state index is 10.6. The highest BCUT2D eigenvalue weighted by Crippen LogP contribution is 2.34. The molecule has 1 unspecified atom stereocenters. The molecule has 0 aliphatic heterocycles. The summed E-state index contributed by atoms with van der Waals surface area (Å²) < 4.78 is 6.16. The van der Waals surface area contributed by atoms with Crippen LogP contribution in [0.4, 0.5) is 5.88 Å². The van der Waals surface area contributed by atoms with Gasteiger partial charge in [-0.15, -0.1) is 11.3 Å². The molecule has 2 heterocycles. The normalized spacial score (nSPS) is 12.6. The predicted molar refractivity (Wildman–Crippen MR) is 68.3 cm³/mol. The number of nitro groups is 1. The first-order valence-corrected chi connectivity index (χ1v) is 6.45. The van der Waals surface area contributed by atoms with Crippen LogP contribution in [0.3, 0.4) is 0 Å². The molecule has 2 aromatic rings. The molecule has 2 rings (SSSR count). The summed E-state index contributed by atoms with van der Waals surface area (Å²) in [6.45, 7) is 0. The minimum absolute atomic E-state index is 0.182. The Balaban J connectivity index is 2.35. The van der Waals surface area contributed by atoms with E-state index in [-0.39, 0.29) is 11.9 Å². The quantitative estimate of drug-likeness (QED) is 0.694. The first-order valence-electron chi connectivity index (χ1n) is 4.77. The fourth-order valence-corrected chi connectivity index (χ4v) is 3.23. The molecule has 0 bridgehead atoms. The fraction of sp³-hybridized carbons (Fsp3) is 0.200. The van der Waals surface area contributed by atoms with E-state index in [1.165, 1.54) is 6.07 Å². The molecule has 1 atom stereocenters. The van der Waals surface area contributed by atoms with E-state index < -0.39 is 4.92 Å². The number of thiophene rings is 1. The van der Waals surface area contributed by atoms with E-state index in [1.54, 1.807) is 24.5 Å².